The van der Waals surface area contributed by atoms with Gasteiger partial charge in [-0.3, -0.25) is 9.59 Å². The van der Waals surface area contributed by atoms with E-state index in [4.69, 9.17) is 0 Å². The van der Waals surface area contributed by atoms with Gasteiger partial charge in [-0.2, -0.15) is 0 Å². The number of anilines is 1. The lowest BCUT2D eigenvalue weighted by Crippen LogP contribution is -2.36. The lowest BCUT2D eigenvalue weighted by Gasteiger charge is -2.23. The van der Waals surface area contributed by atoms with Crippen LogP contribution in [0.1, 0.15) is 6.42 Å². The van der Waals surface area contributed by atoms with Gasteiger partial charge in [-0.15, -0.1) is 0 Å². The predicted octanol–water partition coefficient (Wildman–Crippen LogP) is 2.16. The summed E-state index contributed by atoms with van der Waals surface area (Å²) in [5.74, 6) is -2.79. The molecule has 2 bridgehead atoms. The molecule has 26 heavy (non-hydrogen) atoms. The Morgan fingerprint density at radius 2 is 1.92 bits per heavy atom. The number of hydrogen-bond acceptors (Lipinski definition) is 6. The van der Waals surface area contributed by atoms with E-state index in [9.17, 15) is 23.1 Å². The molecule has 1 aromatic heterocycles. The predicted molar refractivity (Wildman–Crippen MR) is 96.7 cm³/mol. The minimum absolute atomic E-state index is 0.0627. The summed E-state index contributed by atoms with van der Waals surface area (Å²) in [6, 6.07) is 4.60. The molecule has 0 spiro atoms. The van der Waals surface area contributed by atoms with Gasteiger partial charge in [0.15, 0.2) is 15.0 Å². The fourth-order valence-electron chi connectivity index (χ4n) is 3.89. The van der Waals surface area contributed by atoms with Crippen LogP contribution in [0, 0.1) is 23.7 Å². The zero-order chi connectivity index (χ0) is 18.6. The van der Waals surface area contributed by atoms with Crippen molar-refractivity contribution in [1.29, 1.82) is 0 Å². The number of aromatic nitrogens is 1. The first kappa shape index (κ1) is 17.2. The lowest BCUT2D eigenvalue weighted by atomic mass is 9.82. The van der Waals surface area contributed by atoms with E-state index in [2.05, 4.69) is 10.3 Å². The van der Waals surface area contributed by atoms with Gasteiger partial charge < -0.3 is 10.4 Å². The van der Waals surface area contributed by atoms with E-state index in [0.717, 1.165) is 6.26 Å². The van der Waals surface area contributed by atoms with Crippen LogP contribution in [0.4, 0.5) is 5.13 Å². The number of hydrogen-bond donors (Lipinski definition) is 2. The van der Waals surface area contributed by atoms with Crippen LogP contribution in [0.15, 0.2) is 35.2 Å². The summed E-state index contributed by atoms with van der Waals surface area (Å²) >= 11 is 1.17. The molecule has 7 nitrogen and oxygen atoms in total. The number of carbonyl (C=O) groups excluding carboxylic acids is 1. The molecule has 0 aliphatic heterocycles. The first-order valence-electron chi connectivity index (χ1n) is 8.06. The molecular formula is C17H16N2O5S2. The van der Waals surface area contributed by atoms with Crippen molar-refractivity contribution in [3.05, 3.63) is 30.4 Å². The van der Waals surface area contributed by atoms with E-state index in [-0.39, 0.29) is 22.6 Å². The van der Waals surface area contributed by atoms with E-state index < -0.39 is 27.6 Å². The topological polar surface area (TPSA) is 113 Å². The van der Waals surface area contributed by atoms with Crippen molar-refractivity contribution in [2.45, 2.75) is 11.3 Å². The minimum atomic E-state index is -3.33. The molecule has 2 aliphatic carbocycles. The summed E-state index contributed by atoms with van der Waals surface area (Å²) in [7, 11) is -3.33. The van der Waals surface area contributed by atoms with Crippen LogP contribution in [0.25, 0.3) is 10.2 Å². The van der Waals surface area contributed by atoms with Crippen molar-refractivity contribution in [3.8, 4) is 0 Å². The molecule has 1 fully saturated rings. The normalized spacial score (nSPS) is 27.1. The van der Waals surface area contributed by atoms with Crippen LogP contribution in [-0.2, 0) is 19.4 Å². The monoisotopic (exact) mass is 392 g/mol. The zero-order valence-corrected chi connectivity index (χ0v) is 15.4. The number of carbonyl (C=O) groups is 2. The molecule has 1 saturated carbocycles. The quantitative estimate of drug-likeness (QED) is 0.771. The standard InChI is InChI=1S/C17H16N2O5S2/c1-26(23,24)10-4-5-11-12(7-10)25-17(18-11)19-15(20)13-8-2-3-9(6-8)14(13)16(21)22/h2-5,7-9,13-14H,6H2,1H3,(H,21,22)(H,18,19,20)/t8-,9-,13+,14-/m0/s1. The molecular weight excluding hydrogens is 376 g/mol. The van der Waals surface area contributed by atoms with Gasteiger partial charge in [0, 0.05) is 6.26 Å². The maximum atomic E-state index is 12.7. The smallest absolute Gasteiger partial charge is 0.307 e. The van der Waals surface area contributed by atoms with Gasteiger partial charge >= 0.3 is 5.97 Å². The number of allylic oxidation sites excluding steroid dienone is 2. The highest BCUT2D eigenvalue weighted by Crippen LogP contribution is 2.48. The largest absolute Gasteiger partial charge is 0.481 e. The Morgan fingerprint density at radius 3 is 2.58 bits per heavy atom. The number of fused-ring (bicyclic) bond motifs is 3. The molecule has 9 heteroatoms. The highest BCUT2D eigenvalue weighted by atomic mass is 32.2. The van der Waals surface area contributed by atoms with Crippen molar-refractivity contribution in [1.82, 2.24) is 4.98 Å². The summed E-state index contributed by atoms with van der Waals surface area (Å²) in [6.45, 7) is 0. The lowest BCUT2D eigenvalue weighted by molar-refractivity contribution is -0.146. The molecule has 2 N–H and O–H groups in total. The van der Waals surface area contributed by atoms with Gasteiger partial charge in [-0.05, 0) is 36.5 Å². The number of carboxylic acid groups (broad SMARTS) is 1. The maximum absolute atomic E-state index is 12.7. The SMILES string of the molecule is CS(=O)(=O)c1ccc2nc(NC(=O)[C@H]3[C@@H](C(=O)O)[C@H]4C=C[C@H]3C4)sc2c1. The molecule has 1 amide bonds. The minimum Gasteiger partial charge on any atom is -0.481 e. The second-order valence-electron chi connectivity index (χ2n) is 6.75. The Morgan fingerprint density at radius 1 is 1.23 bits per heavy atom. The van der Waals surface area contributed by atoms with Gasteiger partial charge in [0.25, 0.3) is 0 Å². The summed E-state index contributed by atoms with van der Waals surface area (Å²) in [6.07, 6.45) is 5.63. The van der Waals surface area contributed by atoms with E-state index in [0.29, 0.717) is 21.8 Å². The summed E-state index contributed by atoms with van der Waals surface area (Å²) in [5, 5.41) is 12.5. The summed E-state index contributed by atoms with van der Waals surface area (Å²) in [4.78, 5) is 28.7. The number of sulfone groups is 1. The molecule has 0 unspecified atom stereocenters. The van der Waals surface area contributed by atoms with Crippen LogP contribution >= 0.6 is 11.3 Å². The molecule has 2 aliphatic rings. The molecule has 1 aromatic carbocycles. The Kier molecular flexibility index (Phi) is 3.89. The third-order valence-corrected chi connectivity index (χ3v) is 7.11. The molecule has 0 saturated heterocycles. The van der Waals surface area contributed by atoms with E-state index >= 15 is 0 Å². The maximum Gasteiger partial charge on any atom is 0.307 e. The number of amides is 1. The molecule has 4 atom stereocenters. The molecule has 2 aromatic rings. The number of benzene rings is 1. The van der Waals surface area contributed by atoms with Gasteiger partial charge in [0.2, 0.25) is 5.91 Å². The average molecular weight is 392 g/mol. The van der Waals surface area contributed by atoms with Crippen LogP contribution in [-0.4, -0.2) is 36.6 Å². The van der Waals surface area contributed by atoms with Crippen molar-refractivity contribution < 1.29 is 23.1 Å². The first-order valence-corrected chi connectivity index (χ1v) is 10.8. The fraction of sp³-hybridized carbons (Fsp3) is 0.353. The van der Waals surface area contributed by atoms with Gasteiger partial charge in [-0.25, -0.2) is 13.4 Å². The number of nitrogens with zero attached hydrogens (tertiary/aromatic N) is 1. The fourth-order valence-corrected chi connectivity index (χ4v) is 5.52. The second-order valence-corrected chi connectivity index (χ2v) is 9.79. The van der Waals surface area contributed by atoms with Gasteiger partial charge in [-0.1, -0.05) is 23.5 Å². The number of thiazole rings is 1. The molecule has 1 heterocycles. The van der Waals surface area contributed by atoms with E-state index in [1.807, 2.05) is 12.2 Å². The molecule has 4 rings (SSSR count). The van der Waals surface area contributed by atoms with E-state index in [1.54, 1.807) is 6.07 Å². The average Bonchev–Trinajstić information content (AvgIpc) is 3.25. The molecule has 0 radical (unpaired) electrons. The van der Waals surface area contributed by atoms with Crippen LogP contribution in [0.5, 0.6) is 0 Å². The van der Waals surface area contributed by atoms with Crippen LogP contribution in [0.2, 0.25) is 0 Å². The van der Waals surface area contributed by atoms with Crippen molar-refractivity contribution in [2.75, 3.05) is 11.6 Å². The first-order chi connectivity index (χ1) is 12.2. The summed E-state index contributed by atoms with van der Waals surface area (Å²) < 4.78 is 24.0. The van der Waals surface area contributed by atoms with Crippen molar-refractivity contribution in [3.63, 3.8) is 0 Å². The highest BCUT2D eigenvalue weighted by Gasteiger charge is 2.51. The number of aliphatic carboxylic acids is 1. The Hall–Kier alpha value is -2.26. The zero-order valence-electron chi connectivity index (χ0n) is 13.7. The van der Waals surface area contributed by atoms with E-state index in [1.165, 1.54) is 23.5 Å². The number of nitrogens with one attached hydrogen (secondary N) is 1. The molecule has 136 valence electrons. The Bertz CT molecular complexity index is 1060. The summed E-state index contributed by atoms with van der Waals surface area (Å²) in [5.41, 5.74) is 0.584. The van der Waals surface area contributed by atoms with Crippen molar-refractivity contribution >= 4 is 48.4 Å². The Balaban J connectivity index is 1.60. The van der Waals surface area contributed by atoms with Crippen LogP contribution in [0.3, 0.4) is 0 Å². The third kappa shape index (κ3) is 2.80. The highest BCUT2D eigenvalue weighted by molar-refractivity contribution is 7.90. The Labute approximate surface area is 153 Å². The van der Waals surface area contributed by atoms with Gasteiger partial charge in [0.1, 0.15) is 0 Å². The van der Waals surface area contributed by atoms with Crippen molar-refractivity contribution in [2.24, 2.45) is 23.7 Å². The third-order valence-electron chi connectivity index (χ3n) is 5.07. The van der Waals surface area contributed by atoms with Gasteiger partial charge in [0.05, 0.1) is 26.9 Å². The van der Waals surface area contributed by atoms with Crippen LogP contribution < -0.4 is 5.32 Å². The second kappa shape index (κ2) is 5.88. The number of rotatable bonds is 4. The number of carboxylic acids is 1.